The van der Waals surface area contributed by atoms with Gasteiger partial charge in [0.1, 0.15) is 10.7 Å². The van der Waals surface area contributed by atoms with E-state index in [4.69, 9.17) is 9.47 Å². The Bertz CT molecular complexity index is 705. The molecule has 0 bridgehead atoms. The molecule has 1 aliphatic carbocycles. The minimum Gasteiger partial charge on any atom is -0.493 e. The van der Waals surface area contributed by atoms with Crippen molar-refractivity contribution in [3.8, 4) is 11.5 Å². The second-order valence-electron chi connectivity index (χ2n) is 6.51. The summed E-state index contributed by atoms with van der Waals surface area (Å²) in [7, 11) is -1.10. The van der Waals surface area contributed by atoms with E-state index < -0.39 is 15.8 Å². The minimum atomic E-state index is -3.90. The highest BCUT2D eigenvalue weighted by Gasteiger charge is 2.41. The Morgan fingerprint density at radius 1 is 1.04 bits per heavy atom. The first-order chi connectivity index (χ1) is 11.5. The summed E-state index contributed by atoms with van der Waals surface area (Å²) >= 11 is 0. The van der Waals surface area contributed by atoms with Gasteiger partial charge in [0.25, 0.3) is 0 Å². The molecule has 0 aromatic heterocycles. The zero-order valence-corrected chi connectivity index (χ0v) is 14.9. The van der Waals surface area contributed by atoms with Gasteiger partial charge < -0.3 is 9.47 Å². The number of sulfonamides is 1. The van der Waals surface area contributed by atoms with E-state index in [1.807, 2.05) is 0 Å². The fourth-order valence-corrected chi connectivity index (χ4v) is 5.85. The highest BCUT2D eigenvalue weighted by molar-refractivity contribution is 7.89. The van der Waals surface area contributed by atoms with Crippen molar-refractivity contribution in [1.82, 2.24) is 4.31 Å². The number of fused-ring (bicyclic) bond motifs is 1. The molecule has 7 heteroatoms. The van der Waals surface area contributed by atoms with Gasteiger partial charge >= 0.3 is 0 Å². The molecule has 1 heterocycles. The summed E-state index contributed by atoms with van der Waals surface area (Å²) in [5.74, 6) is -0.00567. The molecule has 134 valence electrons. The van der Waals surface area contributed by atoms with Crippen LogP contribution in [0.25, 0.3) is 0 Å². The molecular formula is C17H24FNO4S. The van der Waals surface area contributed by atoms with Crippen LogP contribution in [0.3, 0.4) is 0 Å². The lowest BCUT2D eigenvalue weighted by Gasteiger charge is -2.43. The predicted octanol–water partition coefficient (Wildman–Crippen LogP) is 3.19. The van der Waals surface area contributed by atoms with Crippen molar-refractivity contribution in [2.45, 2.75) is 49.5 Å². The van der Waals surface area contributed by atoms with Gasteiger partial charge in [-0.1, -0.05) is 12.8 Å². The van der Waals surface area contributed by atoms with Crippen LogP contribution in [-0.4, -0.2) is 39.5 Å². The van der Waals surface area contributed by atoms with Gasteiger partial charge in [-0.3, -0.25) is 0 Å². The van der Waals surface area contributed by atoms with Crippen LogP contribution in [-0.2, 0) is 10.0 Å². The van der Waals surface area contributed by atoms with Gasteiger partial charge in [0.2, 0.25) is 10.0 Å². The Hall–Kier alpha value is -1.34. The second kappa shape index (κ2) is 6.88. The van der Waals surface area contributed by atoms with Gasteiger partial charge in [0, 0.05) is 24.7 Å². The van der Waals surface area contributed by atoms with Crippen LogP contribution in [0.15, 0.2) is 17.0 Å². The van der Waals surface area contributed by atoms with Gasteiger partial charge in [-0.05, 0) is 31.6 Å². The van der Waals surface area contributed by atoms with Crippen LogP contribution in [0, 0.1) is 11.7 Å². The lowest BCUT2D eigenvalue weighted by atomic mass is 9.79. The summed E-state index contributed by atoms with van der Waals surface area (Å²) in [6.45, 7) is 0.456. The van der Waals surface area contributed by atoms with Crippen molar-refractivity contribution >= 4 is 10.0 Å². The van der Waals surface area contributed by atoms with Crippen molar-refractivity contribution in [2.75, 3.05) is 20.8 Å². The predicted molar refractivity (Wildman–Crippen MR) is 88.4 cm³/mol. The molecule has 0 amide bonds. The molecule has 2 unspecified atom stereocenters. The second-order valence-corrected chi connectivity index (χ2v) is 8.37. The molecule has 1 saturated carbocycles. The van der Waals surface area contributed by atoms with E-state index in [0.29, 0.717) is 12.5 Å². The summed E-state index contributed by atoms with van der Waals surface area (Å²) in [5, 5.41) is 0. The van der Waals surface area contributed by atoms with E-state index >= 15 is 0 Å². The minimum absolute atomic E-state index is 0.00926. The maximum atomic E-state index is 14.5. The molecule has 5 nitrogen and oxygen atoms in total. The van der Waals surface area contributed by atoms with E-state index in [2.05, 4.69) is 0 Å². The first-order valence-corrected chi connectivity index (χ1v) is 9.86. The van der Waals surface area contributed by atoms with Gasteiger partial charge in [-0.25, -0.2) is 12.8 Å². The van der Waals surface area contributed by atoms with E-state index in [9.17, 15) is 12.8 Å². The number of hydrogen-bond acceptors (Lipinski definition) is 4. The number of benzene rings is 1. The van der Waals surface area contributed by atoms with E-state index in [0.717, 1.165) is 44.6 Å². The first kappa shape index (κ1) is 17.5. The Balaban J connectivity index is 2.00. The summed E-state index contributed by atoms with van der Waals surface area (Å²) in [5.41, 5.74) is 0. The normalized spacial score (nSPS) is 25.1. The standard InChI is InChI=1S/C17H24FNO4S/c1-22-15-10-13(18)17(11-16(15)23-2)24(20,21)19-9-5-7-12-6-3-4-8-14(12)19/h10-12,14H,3-9H2,1-2H3. The molecule has 2 atom stereocenters. The van der Waals surface area contributed by atoms with Gasteiger partial charge in [-0.2, -0.15) is 4.31 Å². The summed E-state index contributed by atoms with van der Waals surface area (Å²) in [6.07, 6.45) is 5.99. The Morgan fingerprint density at radius 2 is 1.67 bits per heavy atom. The molecule has 1 aromatic rings. The molecule has 0 N–H and O–H groups in total. The quantitative estimate of drug-likeness (QED) is 0.830. The van der Waals surface area contributed by atoms with Crippen LogP contribution < -0.4 is 9.47 Å². The molecule has 3 rings (SSSR count). The highest BCUT2D eigenvalue weighted by atomic mass is 32.2. The van der Waals surface area contributed by atoms with Crippen molar-refractivity contribution in [2.24, 2.45) is 5.92 Å². The molecule has 1 aromatic carbocycles. The zero-order valence-electron chi connectivity index (χ0n) is 14.1. The van der Waals surface area contributed by atoms with Crippen LogP contribution in [0.2, 0.25) is 0 Å². The largest absolute Gasteiger partial charge is 0.493 e. The number of methoxy groups -OCH3 is 2. The fraction of sp³-hybridized carbons (Fsp3) is 0.647. The number of ether oxygens (including phenoxy) is 2. The topological polar surface area (TPSA) is 55.8 Å². The number of hydrogen-bond donors (Lipinski definition) is 0. The lowest BCUT2D eigenvalue weighted by molar-refractivity contribution is 0.129. The molecule has 1 aliphatic heterocycles. The average molecular weight is 357 g/mol. The van der Waals surface area contributed by atoms with Crippen LogP contribution in [0.1, 0.15) is 38.5 Å². The lowest BCUT2D eigenvalue weighted by Crippen LogP contribution is -2.49. The van der Waals surface area contributed by atoms with Gasteiger partial charge in [0.15, 0.2) is 11.5 Å². The average Bonchev–Trinajstić information content (AvgIpc) is 2.60. The van der Waals surface area contributed by atoms with Crippen molar-refractivity contribution < 1.29 is 22.3 Å². The van der Waals surface area contributed by atoms with Crippen LogP contribution in [0.4, 0.5) is 4.39 Å². The Kier molecular flexibility index (Phi) is 5.01. The van der Waals surface area contributed by atoms with E-state index in [1.54, 1.807) is 0 Å². The molecular weight excluding hydrogens is 333 g/mol. The molecule has 2 aliphatic rings. The van der Waals surface area contributed by atoms with Crippen LogP contribution in [0.5, 0.6) is 11.5 Å². The smallest absolute Gasteiger partial charge is 0.246 e. The fourth-order valence-electron chi connectivity index (χ4n) is 4.04. The number of halogens is 1. The highest BCUT2D eigenvalue weighted by Crippen LogP contribution is 2.40. The van der Waals surface area contributed by atoms with Gasteiger partial charge in [0.05, 0.1) is 14.2 Å². The zero-order chi connectivity index (χ0) is 17.3. The Labute approximate surface area is 142 Å². The third kappa shape index (κ3) is 2.99. The van der Waals surface area contributed by atoms with Crippen LogP contribution >= 0.6 is 0 Å². The maximum Gasteiger partial charge on any atom is 0.246 e. The summed E-state index contributed by atoms with van der Waals surface area (Å²) < 4.78 is 52.4. The Morgan fingerprint density at radius 3 is 2.38 bits per heavy atom. The third-order valence-electron chi connectivity index (χ3n) is 5.22. The molecule has 1 saturated heterocycles. The molecule has 0 radical (unpaired) electrons. The van der Waals surface area contributed by atoms with Gasteiger partial charge in [-0.15, -0.1) is 0 Å². The summed E-state index contributed by atoms with van der Waals surface area (Å²) in [4.78, 5) is -0.327. The number of nitrogens with zero attached hydrogens (tertiary/aromatic N) is 1. The molecule has 24 heavy (non-hydrogen) atoms. The van der Waals surface area contributed by atoms with Crippen molar-refractivity contribution in [3.63, 3.8) is 0 Å². The van der Waals surface area contributed by atoms with E-state index in [-0.39, 0.29) is 22.4 Å². The third-order valence-corrected chi connectivity index (χ3v) is 7.16. The molecule has 2 fully saturated rings. The van der Waals surface area contributed by atoms with Crippen molar-refractivity contribution in [1.29, 1.82) is 0 Å². The van der Waals surface area contributed by atoms with E-state index in [1.165, 1.54) is 24.6 Å². The van der Waals surface area contributed by atoms with Crippen molar-refractivity contribution in [3.05, 3.63) is 17.9 Å². The monoisotopic (exact) mass is 357 g/mol. The maximum absolute atomic E-state index is 14.5. The number of piperidine rings is 1. The SMILES string of the molecule is COc1cc(F)c(S(=O)(=O)N2CCCC3CCCCC32)cc1OC. The summed E-state index contributed by atoms with van der Waals surface area (Å²) in [6, 6.07) is 2.30. The molecule has 0 spiro atoms. The first-order valence-electron chi connectivity index (χ1n) is 8.42. The number of rotatable bonds is 4.